The highest BCUT2D eigenvalue weighted by Gasteiger charge is 2.20. The number of nitrogens with zero attached hydrogens (tertiary/aromatic N) is 2. The van der Waals surface area contributed by atoms with Crippen molar-refractivity contribution in [3.05, 3.63) is 23.8 Å². The second-order valence-corrected chi connectivity index (χ2v) is 6.82. The minimum Gasteiger partial charge on any atom is -0.492 e. The smallest absolute Gasteiger partial charge is 0.414 e. The molecule has 5 nitrogen and oxygen atoms in total. The summed E-state index contributed by atoms with van der Waals surface area (Å²) in [6.45, 7) is 7.80. The molecule has 0 N–H and O–H groups in total. The molecule has 0 unspecified atom stereocenters. The molecule has 132 valence electrons. The van der Waals surface area contributed by atoms with E-state index in [9.17, 15) is 4.79 Å². The molecule has 0 aromatic heterocycles. The molecule has 1 aromatic rings. The number of carbonyl (C=O) groups excluding carboxylic acids is 1. The lowest BCUT2D eigenvalue weighted by Crippen LogP contribution is -2.25. The summed E-state index contributed by atoms with van der Waals surface area (Å²) in [6.07, 6.45) is -0.400. The number of halogens is 1. The summed E-state index contributed by atoms with van der Waals surface area (Å²) in [5, 5.41) is 0. The van der Waals surface area contributed by atoms with Crippen molar-refractivity contribution in [3.8, 4) is 11.5 Å². The first-order chi connectivity index (χ1) is 10.1. The molecule has 0 atom stereocenters. The van der Waals surface area contributed by atoms with Gasteiger partial charge in [0.1, 0.15) is 18.1 Å². The topological polar surface area (TPSA) is 42.0 Å². The van der Waals surface area contributed by atoms with Crippen LogP contribution >= 0.6 is 12.4 Å². The fourth-order valence-electron chi connectivity index (χ4n) is 1.84. The minimum absolute atomic E-state index is 0. The predicted molar refractivity (Wildman–Crippen MR) is 96.2 cm³/mol. The molecule has 0 saturated heterocycles. The third kappa shape index (κ3) is 7.10. The summed E-state index contributed by atoms with van der Waals surface area (Å²) in [5.41, 5.74) is 1.05. The Morgan fingerprint density at radius 3 is 2.22 bits per heavy atom. The highest BCUT2D eigenvalue weighted by Crippen LogP contribution is 2.34. The molecule has 0 radical (unpaired) electrons. The van der Waals surface area contributed by atoms with Crippen molar-refractivity contribution in [1.29, 1.82) is 0 Å². The van der Waals surface area contributed by atoms with Gasteiger partial charge < -0.3 is 19.3 Å². The second-order valence-electron chi connectivity index (χ2n) is 6.82. The Morgan fingerprint density at radius 2 is 1.74 bits per heavy atom. The molecule has 0 heterocycles. The molecule has 1 aromatic carbocycles. The van der Waals surface area contributed by atoms with Crippen LogP contribution < -0.4 is 9.47 Å². The number of carbonyl (C=O) groups is 1. The summed E-state index contributed by atoms with van der Waals surface area (Å²) in [6, 6.07) is 5.56. The van der Waals surface area contributed by atoms with Crippen molar-refractivity contribution >= 4 is 18.5 Å². The maximum absolute atomic E-state index is 11.7. The number of benzene rings is 1. The van der Waals surface area contributed by atoms with Gasteiger partial charge in [-0.15, -0.1) is 12.4 Å². The van der Waals surface area contributed by atoms with Gasteiger partial charge in [0.2, 0.25) is 0 Å². The van der Waals surface area contributed by atoms with Crippen LogP contribution in [0.4, 0.5) is 4.79 Å². The highest BCUT2D eigenvalue weighted by molar-refractivity contribution is 5.85. The van der Waals surface area contributed by atoms with Gasteiger partial charge in [-0.3, -0.25) is 0 Å². The highest BCUT2D eigenvalue weighted by atomic mass is 35.5. The molecule has 0 aliphatic rings. The van der Waals surface area contributed by atoms with Crippen LogP contribution in [0.5, 0.6) is 11.5 Å². The first kappa shape index (κ1) is 21.5. The van der Waals surface area contributed by atoms with Crippen LogP contribution in [0.1, 0.15) is 26.3 Å². The number of hydrogen-bond acceptors (Lipinski definition) is 4. The lowest BCUT2D eigenvalue weighted by Gasteiger charge is -2.24. The normalized spacial score (nSPS) is 11.0. The average molecular weight is 345 g/mol. The average Bonchev–Trinajstić information content (AvgIpc) is 2.36. The summed E-state index contributed by atoms with van der Waals surface area (Å²) < 4.78 is 11.2. The first-order valence-corrected chi connectivity index (χ1v) is 7.42. The summed E-state index contributed by atoms with van der Waals surface area (Å²) >= 11 is 0. The number of ether oxygens (including phenoxy) is 2. The Morgan fingerprint density at radius 1 is 1.13 bits per heavy atom. The number of likely N-dealkylation sites (N-methyl/N-ethyl adjacent to an activating group) is 1. The molecular formula is C17H29ClN2O3. The number of hydrogen-bond donors (Lipinski definition) is 0. The first-order valence-electron chi connectivity index (χ1n) is 7.42. The monoisotopic (exact) mass is 344 g/mol. The molecule has 0 bridgehead atoms. The molecule has 6 heteroatoms. The Bertz CT molecular complexity index is 511. The van der Waals surface area contributed by atoms with Gasteiger partial charge in [-0.2, -0.15) is 0 Å². The third-order valence-corrected chi connectivity index (χ3v) is 3.13. The molecule has 0 spiro atoms. The third-order valence-electron chi connectivity index (χ3n) is 3.13. The van der Waals surface area contributed by atoms with Gasteiger partial charge in [0.05, 0.1) is 0 Å². The Labute approximate surface area is 146 Å². The van der Waals surface area contributed by atoms with Gasteiger partial charge in [-0.25, -0.2) is 4.79 Å². The van der Waals surface area contributed by atoms with Crippen molar-refractivity contribution in [1.82, 2.24) is 9.80 Å². The maximum Gasteiger partial charge on any atom is 0.414 e. The second kappa shape index (κ2) is 8.99. The fourth-order valence-corrected chi connectivity index (χ4v) is 1.84. The van der Waals surface area contributed by atoms with Crippen LogP contribution in [-0.4, -0.2) is 57.2 Å². The van der Waals surface area contributed by atoms with Crippen LogP contribution in [0.15, 0.2) is 18.2 Å². The van der Waals surface area contributed by atoms with E-state index in [1.807, 2.05) is 20.2 Å². The van der Waals surface area contributed by atoms with E-state index in [2.05, 4.69) is 25.7 Å². The Balaban J connectivity index is 0.00000484. The molecule has 0 fully saturated rings. The van der Waals surface area contributed by atoms with Crippen LogP contribution in [0.25, 0.3) is 0 Å². The summed E-state index contributed by atoms with van der Waals surface area (Å²) in [5.74, 6) is 1.25. The van der Waals surface area contributed by atoms with E-state index in [-0.39, 0.29) is 17.8 Å². The van der Waals surface area contributed by atoms with Crippen LogP contribution in [0.2, 0.25) is 0 Å². The van der Waals surface area contributed by atoms with Crippen molar-refractivity contribution < 1.29 is 14.3 Å². The fraction of sp³-hybridized carbons (Fsp3) is 0.588. The predicted octanol–water partition coefficient (Wildman–Crippen LogP) is 3.41. The summed E-state index contributed by atoms with van der Waals surface area (Å²) in [4.78, 5) is 15.1. The summed E-state index contributed by atoms with van der Waals surface area (Å²) in [7, 11) is 7.31. The van der Waals surface area contributed by atoms with E-state index in [4.69, 9.17) is 9.47 Å². The van der Waals surface area contributed by atoms with E-state index in [0.717, 1.165) is 17.9 Å². The van der Waals surface area contributed by atoms with E-state index in [1.54, 1.807) is 26.2 Å². The van der Waals surface area contributed by atoms with Gasteiger partial charge in [0.25, 0.3) is 0 Å². The molecular weight excluding hydrogens is 316 g/mol. The number of rotatable bonds is 5. The van der Waals surface area contributed by atoms with Gasteiger partial charge in [0, 0.05) is 26.7 Å². The molecule has 1 rings (SSSR count). The van der Waals surface area contributed by atoms with Crippen molar-refractivity contribution in [2.45, 2.75) is 26.2 Å². The van der Waals surface area contributed by atoms with Gasteiger partial charge in [0.15, 0.2) is 0 Å². The zero-order valence-electron chi connectivity index (χ0n) is 15.2. The lowest BCUT2D eigenvalue weighted by molar-refractivity contribution is 0.171. The molecule has 0 aliphatic heterocycles. The van der Waals surface area contributed by atoms with Gasteiger partial charge in [-0.1, -0.05) is 26.8 Å². The number of amides is 1. The zero-order chi connectivity index (χ0) is 16.9. The SMILES string of the molecule is CN(C)CCOc1cc(OC(=O)N(C)C)ccc1C(C)(C)C.Cl. The van der Waals surface area contributed by atoms with Crippen LogP contribution in [0, 0.1) is 0 Å². The molecule has 1 amide bonds. The van der Waals surface area contributed by atoms with Crippen LogP contribution in [-0.2, 0) is 5.41 Å². The van der Waals surface area contributed by atoms with E-state index < -0.39 is 6.09 Å². The molecule has 23 heavy (non-hydrogen) atoms. The van der Waals surface area contributed by atoms with Crippen LogP contribution in [0.3, 0.4) is 0 Å². The Hall–Kier alpha value is -1.46. The van der Waals surface area contributed by atoms with Gasteiger partial charge >= 0.3 is 6.09 Å². The van der Waals surface area contributed by atoms with Crippen molar-refractivity contribution in [3.63, 3.8) is 0 Å². The van der Waals surface area contributed by atoms with E-state index >= 15 is 0 Å². The quantitative estimate of drug-likeness (QED) is 0.821. The minimum atomic E-state index is -0.400. The van der Waals surface area contributed by atoms with E-state index in [0.29, 0.717) is 12.4 Å². The van der Waals surface area contributed by atoms with E-state index in [1.165, 1.54) is 4.90 Å². The molecule has 0 aliphatic carbocycles. The standard InChI is InChI=1S/C17H28N2O3.ClH/c1-17(2,3)14-9-8-13(22-16(20)19(6)7)12-15(14)21-11-10-18(4)5;/h8-9,12H,10-11H2,1-7H3;1H. The maximum atomic E-state index is 11.7. The zero-order valence-corrected chi connectivity index (χ0v) is 16.0. The van der Waals surface area contributed by atoms with Crippen molar-refractivity contribution in [2.75, 3.05) is 41.3 Å². The van der Waals surface area contributed by atoms with Crippen molar-refractivity contribution in [2.24, 2.45) is 0 Å². The molecule has 0 saturated carbocycles. The largest absolute Gasteiger partial charge is 0.492 e. The Kier molecular flexibility index (Phi) is 8.42. The lowest BCUT2D eigenvalue weighted by atomic mass is 9.86. The van der Waals surface area contributed by atoms with Gasteiger partial charge in [-0.05, 0) is 31.1 Å².